The summed E-state index contributed by atoms with van der Waals surface area (Å²) >= 11 is 0. The number of aryl methyl sites for hydroxylation is 1. The van der Waals surface area contributed by atoms with Gasteiger partial charge in [0.1, 0.15) is 29.0 Å². The van der Waals surface area contributed by atoms with Crippen molar-refractivity contribution in [3.8, 4) is 5.75 Å². The second kappa shape index (κ2) is 8.20. The van der Waals surface area contributed by atoms with Crippen molar-refractivity contribution >= 4 is 16.9 Å². The van der Waals surface area contributed by atoms with Crippen molar-refractivity contribution in [1.29, 1.82) is 0 Å². The lowest BCUT2D eigenvalue weighted by Crippen LogP contribution is -2.34. The molecule has 8 heteroatoms. The summed E-state index contributed by atoms with van der Waals surface area (Å²) in [5.41, 5.74) is 0.596. The summed E-state index contributed by atoms with van der Waals surface area (Å²) in [6.45, 7) is -0.259. The van der Waals surface area contributed by atoms with Crippen LogP contribution in [0.5, 0.6) is 5.75 Å². The molecule has 1 unspecified atom stereocenters. The fraction of sp³-hybridized carbons (Fsp3) is 0.136. The number of carbonyl (C=O) groups is 1. The van der Waals surface area contributed by atoms with Crippen LogP contribution in [0.2, 0.25) is 0 Å². The first-order valence-electron chi connectivity index (χ1n) is 9.18. The number of benzene rings is 2. The van der Waals surface area contributed by atoms with E-state index in [2.05, 4.69) is 10.3 Å². The van der Waals surface area contributed by atoms with Crippen LogP contribution in [-0.4, -0.2) is 22.1 Å². The summed E-state index contributed by atoms with van der Waals surface area (Å²) in [4.78, 5) is 28.2. The zero-order valence-electron chi connectivity index (χ0n) is 16.0. The van der Waals surface area contributed by atoms with E-state index in [0.29, 0.717) is 22.7 Å². The van der Waals surface area contributed by atoms with Gasteiger partial charge >= 0.3 is 5.63 Å². The average Bonchev–Trinajstić information content (AvgIpc) is 3.16. The third-order valence-corrected chi connectivity index (χ3v) is 4.59. The minimum Gasteiger partial charge on any atom is -0.484 e. The minimum atomic E-state index is -0.573. The zero-order valence-corrected chi connectivity index (χ0v) is 16.0. The van der Waals surface area contributed by atoms with Gasteiger partial charge in [-0.1, -0.05) is 12.1 Å². The maximum absolute atomic E-state index is 13.3. The summed E-state index contributed by atoms with van der Waals surface area (Å²) in [5, 5.41) is 3.62. The van der Waals surface area contributed by atoms with Gasteiger partial charge in [0.15, 0.2) is 6.61 Å². The molecule has 1 atom stereocenters. The maximum Gasteiger partial charge on any atom is 0.336 e. The van der Waals surface area contributed by atoms with Crippen molar-refractivity contribution in [2.45, 2.75) is 6.04 Å². The summed E-state index contributed by atoms with van der Waals surface area (Å²) < 4.78 is 25.8. The van der Waals surface area contributed by atoms with Crippen LogP contribution in [0.15, 0.2) is 76.2 Å². The van der Waals surface area contributed by atoms with Crippen LogP contribution < -0.4 is 15.7 Å². The number of rotatable bonds is 6. The molecule has 2 heterocycles. The second-order valence-electron chi connectivity index (χ2n) is 6.69. The first-order chi connectivity index (χ1) is 14.5. The van der Waals surface area contributed by atoms with Crippen LogP contribution in [0.1, 0.15) is 17.4 Å². The molecular weight excluding hydrogens is 389 g/mol. The van der Waals surface area contributed by atoms with Crippen LogP contribution in [0.3, 0.4) is 0 Å². The van der Waals surface area contributed by atoms with Gasteiger partial charge in [-0.2, -0.15) is 0 Å². The molecule has 4 aromatic rings. The van der Waals surface area contributed by atoms with Crippen LogP contribution in [0, 0.1) is 5.82 Å². The van der Waals surface area contributed by atoms with Gasteiger partial charge in [-0.05, 0) is 35.9 Å². The smallest absolute Gasteiger partial charge is 0.336 e. The van der Waals surface area contributed by atoms with Crippen LogP contribution in [-0.2, 0) is 11.8 Å². The summed E-state index contributed by atoms with van der Waals surface area (Å²) in [7, 11) is 1.81. The van der Waals surface area contributed by atoms with Crippen LogP contribution in [0.4, 0.5) is 4.39 Å². The number of fused-ring (bicyclic) bond motifs is 1. The van der Waals surface area contributed by atoms with E-state index in [4.69, 9.17) is 9.15 Å². The Bertz CT molecular complexity index is 1250. The molecule has 2 aromatic carbocycles. The van der Waals surface area contributed by atoms with Crippen molar-refractivity contribution < 1.29 is 18.3 Å². The average molecular weight is 407 g/mol. The predicted molar refractivity (Wildman–Crippen MR) is 108 cm³/mol. The first-order valence-corrected chi connectivity index (χ1v) is 9.18. The summed E-state index contributed by atoms with van der Waals surface area (Å²) in [5.74, 6) is 0.238. The van der Waals surface area contributed by atoms with E-state index in [1.807, 2.05) is 7.05 Å². The van der Waals surface area contributed by atoms with Gasteiger partial charge in [-0.25, -0.2) is 14.2 Å². The summed E-state index contributed by atoms with van der Waals surface area (Å²) in [6, 6.07) is 13.3. The number of halogens is 1. The molecule has 152 valence electrons. The van der Waals surface area contributed by atoms with Crippen molar-refractivity contribution in [2.24, 2.45) is 7.05 Å². The van der Waals surface area contributed by atoms with Crippen LogP contribution in [0.25, 0.3) is 11.0 Å². The molecule has 0 saturated carbocycles. The monoisotopic (exact) mass is 407 g/mol. The number of hydrogen-bond donors (Lipinski definition) is 1. The molecule has 4 rings (SSSR count). The molecule has 0 aliphatic heterocycles. The molecule has 1 N–H and O–H groups in total. The molecule has 7 nitrogen and oxygen atoms in total. The molecular formula is C22H18FN3O4. The van der Waals surface area contributed by atoms with Gasteiger partial charge in [0.25, 0.3) is 5.91 Å². The molecule has 0 aliphatic carbocycles. The first kappa shape index (κ1) is 19.4. The van der Waals surface area contributed by atoms with Gasteiger partial charge in [-0.15, -0.1) is 0 Å². The number of hydrogen-bond acceptors (Lipinski definition) is 5. The molecule has 0 bridgehead atoms. The van der Waals surface area contributed by atoms with E-state index in [9.17, 15) is 14.0 Å². The van der Waals surface area contributed by atoms with Gasteiger partial charge in [0.05, 0.1) is 0 Å². The summed E-state index contributed by atoms with van der Waals surface area (Å²) in [6.07, 6.45) is 3.38. The molecule has 0 saturated heterocycles. The third-order valence-electron chi connectivity index (χ3n) is 4.59. The lowest BCUT2D eigenvalue weighted by molar-refractivity contribution is -0.123. The normalized spacial score (nSPS) is 11.9. The van der Waals surface area contributed by atoms with Gasteiger partial charge in [0, 0.05) is 37.0 Å². The lowest BCUT2D eigenvalue weighted by atomic mass is 10.1. The number of imidazole rings is 1. The number of aromatic nitrogens is 2. The highest BCUT2D eigenvalue weighted by molar-refractivity contribution is 5.79. The van der Waals surface area contributed by atoms with Gasteiger partial charge in [-0.3, -0.25) is 4.79 Å². The Balaban J connectivity index is 1.49. The van der Waals surface area contributed by atoms with E-state index >= 15 is 0 Å². The Morgan fingerprint density at radius 2 is 1.97 bits per heavy atom. The molecule has 0 fully saturated rings. The molecule has 0 spiro atoms. The maximum atomic E-state index is 13.3. The van der Waals surface area contributed by atoms with E-state index < -0.39 is 11.7 Å². The predicted octanol–water partition coefficient (Wildman–Crippen LogP) is 2.95. The third kappa shape index (κ3) is 4.22. The fourth-order valence-electron chi connectivity index (χ4n) is 3.09. The van der Waals surface area contributed by atoms with Crippen molar-refractivity contribution in [2.75, 3.05) is 6.61 Å². The Labute approximate surface area is 170 Å². The zero-order chi connectivity index (χ0) is 21.1. The molecule has 30 heavy (non-hydrogen) atoms. The Hall–Kier alpha value is -3.94. The topological polar surface area (TPSA) is 86.4 Å². The van der Waals surface area contributed by atoms with E-state index in [0.717, 1.165) is 5.39 Å². The highest BCUT2D eigenvalue weighted by Crippen LogP contribution is 2.22. The fourth-order valence-corrected chi connectivity index (χ4v) is 3.09. The number of nitrogens with one attached hydrogen (secondary N) is 1. The highest BCUT2D eigenvalue weighted by atomic mass is 19.1. The molecule has 2 aromatic heterocycles. The Kier molecular flexibility index (Phi) is 5.30. The van der Waals surface area contributed by atoms with Gasteiger partial charge in [0.2, 0.25) is 0 Å². The van der Waals surface area contributed by atoms with E-state index in [1.165, 1.54) is 18.2 Å². The van der Waals surface area contributed by atoms with E-state index in [-0.39, 0.29) is 18.3 Å². The Morgan fingerprint density at radius 3 is 2.70 bits per heavy atom. The molecule has 1 amide bonds. The number of nitrogens with zero attached hydrogens (tertiary/aromatic N) is 2. The second-order valence-corrected chi connectivity index (χ2v) is 6.69. The quantitative estimate of drug-likeness (QED) is 0.497. The number of amides is 1. The Morgan fingerprint density at radius 1 is 1.20 bits per heavy atom. The number of ether oxygens (including phenoxy) is 1. The largest absolute Gasteiger partial charge is 0.484 e. The van der Waals surface area contributed by atoms with Crippen molar-refractivity contribution in [3.63, 3.8) is 0 Å². The van der Waals surface area contributed by atoms with E-state index in [1.54, 1.807) is 53.4 Å². The highest BCUT2D eigenvalue weighted by Gasteiger charge is 2.21. The van der Waals surface area contributed by atoms with Crippen molar-refractivity contribution in [1.82, 2.24) is 14.9 Å². The lowest BCUT2D eigenvalue weighted by Gasteiger charge is -2.19. The molecule has 0 radical (unpaired) electrons. The SMILES string of the molecule is Cn1ccnc1C(NC(=O)COc1ccc2ccc(=O)oc2c1)c1ccc(F)cc1. The van der Waals surface area contributed by atoms with Crippen LogP contribution >= 0.6 is 0 Å². The minimum absolute atomic E-state index is 0.259. The molecule has 0 aliphatic rings. The number of carbonyl (C=O) groups excluding carboxylic acids is 1. The van der Waals surface area contributed by atoms with Crippen molar-refractivity contribution in [3.05, 3.63) is 94.6 Å². The van der Waals surface area contributed by atoms with Gasteiger partial charge < -0.3 is 19.0 Å². The standard InChI is InChI=1S/C22H18FN3O4/c1-26-11-10-24-22(26)21(15-2-6-16(23)7-3-15)25-19(27)13-29-17-8-4-14-5-9-20(28)30-18(14)12-17/h2-12,21H,13H2,1H3,(H,25,27).